The van der Waals surface area contributed by atoms with E-state index in [1.165, 1.54) is 33.9 Å². The van der Waals surface area contributed by atoms with Gasteiger partial charge >= 0.3 is 0 Å². The van der Waals surface area contributed by atoms with Gasteiger partial charge in [0.1, 0.15) is 16.5 Å². The normalized spacial score (nSPS) is 18.7. The van der Waals surface area contributed by atoms with Crippen LogP contribution in [0.2, 0.25) is 0 Å². The first kappa shape index (κ1) is 14.6. The van der Waals surface area contributed by atoms with Gasteiger partial charge in [0, 0.05) is 42.0 Å². The summed E-state index contributed by atoms with van der Waals surface area (Å²) in [6.07, 6.45) is 7.71. The highest BCUT2D eigenvalue weighted by Gasteiger charge is 2.27. The van der Waals surface area contributed by atoms with Crippen LogP contribution < -0.4 is 4.90 Å². The molecular formula is C17H21N5S. The van der Waals surface area contributed by atoms with E-state index in [1.807, 2.05) is 17.5 Å². The van der Waals surface area contributed by atoms with Crippen molar-refractivity contribution in [3.05, 3.63) is 40.7 Å². The maximum Gasteiger partial charge on any atom is 0.147 e. The fraction of sp³-hybridized carbons (Fsp3) is 0.471. The average Bonchev–Trinajstić information content (AvgIpc) is 3.06. The second kappa shape index (κ2) is 5.60. The van der Waals surface area contributed by atoms with E-state index >= 15 is 0 Å². The smallest absolute Gasteiger partial charge is 0.147 e. The zero-order valence-corrected chi connectivity index (χ0v) is 14.6. The van der Waals surface area contributed by atoms with Crippen LogP contribution in [0.4, 0.5) is 5.82 Å². The summed E-state index contributed by atoms with van der Waals surface area (Å²) in [5, 5.41) is 0. The van der Waals surface area contributed by atoms with E-state index in [-0.39, 0.29) is 0 Å². The number of rotatable bonds is 2. The van der Waals surface area contributed by atoms with Crippen LogP contribution in [-0.4, -0.2) is 32.4 Å². The third kappa shape index (κ3) is 2.41. The molecule has 23 heavy (non-hydrogen) atoms. The molecule has 0 unspecified atom stereocenters. The van der Waals surface area contributed by atoms with Crippen molar-refractivity contribution >= 4 is 22.0 Å². The van der Waals surface area contributed by atoms with E-state index < -0.39 is 0 Å². The predicted octanol–water partition coefficient (Wildman–Crippen LogP) is 3.50. The van der Waals surface area contributed by atoms with E-state index in [1.54, 1.807) is 12.4 Å². The molecule has 1 aliphatic heterocycles. The lowest BCUT2D eigenvalue weighted by Crippen LogP contribution is -2.35. The molecule has 0 saturated carbocycles. The Hall–Kier alpha value is -1.95. The van der Waals surface area contributed by atoms with Gasteiger partial charge in [-0.3, -0.25) is 9.38 Å². The molecule has 0 radical (unpaired) electrons. The molecule has 0 amide bonds. The molecule has 6 heteroatoms. The topological polar surface area (TPSA) is 46.3 Å². The van der Waals surface area contributed by atoms with E-state index in [2.05, 4.69) is 40.0 Å². The van der Waals surface area contributed by atoms with Gasteiger partial charge in [-0.2, -0.15) is 0 Å². The zero-order chi connectivity index (χ0) is 16.0. The SMILES string of the molecule is Cc1sc2c([C@@H]3CCCN(c4cnccn4)C3)nc(C)n2c1C. The molecule has 1 saturated heterocycles. The van der Waals surface area contributed by atoms with E-state index in [4.69, 9.17) is 4.98 Å². The molecule has 4 heterocycles. The molecule has 1 atom stereocenters. The van der Waals surface area contributed by atoms with Crippen LogP contribution in [0.1, 0.15) is 40.8 Å². The van der Waals surface area contributed by atoms with E-state index in [0.29, 0.717) is 5.92 Å². The van der Waals surface area contributed by atoms with Gasteiger partial charge < -0.3 is 4.90 Å². The number of imidazole rings is 1. The molecule has 3 aromatic rings. The Morgan fingerprint density at radius 1 is 1.22 bits per heavy atom. The van der Waals surface area contributed by atoms with Crippen molar-refractivity contribution < 1.29 is 0 Å². The minimum atomic E-state index is 0.465. The van der Waals surface area contributed by atoms with Crippen molar-refractivity contribution in [1.82, 2.24) is 19.4 Å². The first-order chi connectivity index (χ1) is 11.1. The summed E-state index contributed by atoms with van der Waals surface area (Å²) in [4.78, 5) is 18.6. The number of hydrogen-bond acceptors (Lipinski definition) is 5. The molecule has 5 nitrogen and oxygen atoms in total. The van der Waals surface area contributed by atoms with Gasteiger partial charge in [-0.05, 0) is 33.6 Å². The maximum absolute atomic E-state index is 4.91. The summed E-state index contributed by atoms with van der Waals surface area (Å²) in [7, 11) is 0. The monoisotopic (exact) mass is 327 g/mol. The third-order valence-corrected chi connectivity index (χ3v) is 5.99. The van der Waals surface area contributed by atoms with Gasteiger partial charge in [-0.25, -0.2) is 9.97 Å². The second-order valence-corrected chi connectivity index (χ2v) is 7.48. The lowest BCUT2D eigenvalue weighted by Gasteiger charge is -2.32. The quantitative estimate of drug-likeness (QED) is 0.723. The number of aryl methyl sites for hydroxylation is 3. The molecule has 0 aliphatic carbocycles. The molecule has 0 spiro atoms. The van der Waals surface area contributed by atoms with Gasteiger partial charge in [0.05, 0.1) is 11.9 Å². The number of nitrogens with zero attached hydrogens (tertiary/aromatic N) is 5. The highest BCUT2D eigenvalue weighted by molar-refractivity contribution is 7.17. The zero-order valence-electron chi connectivity index (χ0n) is 13.8. The number of thiazole rings is 1. The number of fused-ring (bicyclic) bond motifs is 1. The van der Waals surface area contributed by atoms with Gasteiger partial charge in [0.2, 0.25) is 0 Å². The van der Waals surface area contributed by atoms with E-state index in [0.717, 1.165) is 24.7 Å². The number of anilines is 1. The van der Waals surface area contributed by atoms with Crippen molar-refractivity contribution in [2.24, 2.45) is 0 Å². The van der Waals surface area contributed by atoms with Crippen LogP contribution >= 0.6 is 11.3 Å². The van der Waals surface area contributed by atoms with Gasteiger partial charge in [-0.15, -0.1) is 11.3 Å². The van der Waals surface area contributed by atoms with Crippen molar-refractivity contribution in [3.8, 4) is 0 Å². The predicted molar refractivity (Wildman–Crippen MR) is 93.5 cm³/mol. The van der Waals surface area contributed by atoms with Crippen LogP contribution in [0, 0.1) is 20.8 Å². The fourth-order valence-corrected chi connectivity index (χ4v) is 4.74. The minimum absolute atomic E-state index is 0.465. The Morgan fingerprint density at radius 2 is 2.09 bits per heavy atom. The highest BCUT2D eigenvalue weighted by atomic mass is 32.1. The van der Waals surface area contributed by atoms with Crippen LogP contribution in [0.15, 0.2) is 18.6 Å². The van der Waals surface area contributed by atoms with Crippen molar-refractivity contribution in [2.45, 2.75) is 39.5 Å². The Labute approximate surface area is 140 Å². The molecule has 0 aromatic carbocycles. The van der Waals surface area contributed by atoms with Gasteiger partial charge in [-0.1, -0.05) is 0 Å². The third-order valence-electron chi connectivity index (χ3n) is 4.80. The van der Waals surface area contributed by atoms with Gasteiger partial charge in [0.15, 0.2) is 0 Å². The summed E-state index contributed by atoms with van der Waals surface area (Å²) in [5.41, 5.74) is 2.58. The summed E-state index contributed by atoms with van der Waals surface area (Å²) >= 11 is 1.87. The summed E-state index contributed by atoms with van der Waals surface area (Å²) < 4.78 is 2.32. The number of hydrogen-bond donors (Lipinski definition) is 0. The molecule has 0 bridgehead atoms. The molecule has 120 valence electrons. The largest absolute Gasteiger partial charge is 0.355 e. The maximum atomic E-state index is 4.91. The Balaban J connectivity index is 1.69. The molecule has 3 aromatic heterocycles. The number of aromatic nitrogens is 4. The molecule has 4 rings (SSSR count). The van der Waals surface area contributed by atoms with Crippen LogP contribution in [0.5, 0.6) is 0 Å². The molecular weight excluding hydrogens is 306 g/mol. The standard InChI is InChI=1S/C17H21N5S/c1-11-12(2)23-17-16(20-13(3)22(11)17)14-5-4-8-21(10-14)15-9-18-6-7-19-15/h6-7,9,14H,4-5,8,10H2,1-3H3/t14-/m1/s1. The van der Waals surface area contributed by atoms with Crippen molar-refractivity contribution in [3.63, 3.8) is 0 Å². The summed E-state index contributed by atoms with van der Waals surface area (Å²) in [6.45, 7) is 8.51. The lowest BCUT2D eigenvalue weighted by atomic mass is 9.95. The molecule has 0 N–H and O–H groups in total. The Kier molecular flexibility index (Phi) is 3.56. The summed E-state index contributed by atoms with van der Waals surface area (Å²) in [5.74, 6) is 2.54. The molecule has 1 fully saturated rings. The number of piperidine rings is 1. The fourth-order valence-electron chi connectivity index (χ4n) is 3.53. The Bertz CT molecular complexity index is 836. The second-order valence-electron chi connectivity index (χ2n) is 6.28. The lowest BCUT2D eigenvalue weighted by molar-refractivity contribution is 0.502. The first-order valence-electron chi connectivity index (χ1n) is 8.11. The van der Waals surface area contributed by atoms with Gasteiger partial charge in [0.25, 0.3) is 0 Å². The van der Waals surface area contributed by atoms with Crippen LogP contribution in [0.25, 0.3) is 4.83 Å². The summed E-state index contributed by atoms with van der Waals surface area (Å²) in [6, 6.07) is 0. The minimum Gasteiger partial charge on any atom is -0.355 e. The van der Waals surface area contributed by atoms with Crippen molar-refractivity contribution in [2.75, 3.05) is 18.0 Å². The van der Waals surface area contributed by atoms with Crippen molar-refractivity contribution in [1.29, 1.82) is 0 Å². The average molecular weight is 327 g/mol. The van der Waals surface area contributed by atoms with Crippen LogP contribution in [-0.2, 0) is 0 Å². The first-order valence-corrected chi connectivity index (χ1v) is 8.92. The Morgan fingerprint density at radius 3 is 2.87 bits per heavy atom. The highest BCUT2D eigenvalue weighted by Crippen LogP contribution is 2.35. The van der Waals surface area contributed by atoms with Crippen LogP contribution in [0.3, 0.4) is 0 Å². The van der Waals surface area contributed by atoms with E-state index in [9.17, 15) is 0 Å². The molecule has 1 aliphatic rings.